The maximum absolute atomic E-state index is 11.2. The zero-order valence-electron chi connectivity index (χ0n) is 19.9. The van der Waals surface area contributed by atoms with Gasteiger partial charge in [0, 0.05) is 0 Å². The molecule has 0 aromatic heterocycles. The van der Waals surface area contributed by atoms with Gasteiger partial charge < -0.3 is 5.32 Å². The highest BCUT2D eigenvalue weighted by Crippen LogP contribution is 2.29. The molecule has 0 atom stereocenters. The largest absolute Gasteiger partial charge is 0.345 e. The number of benzene rings is 2. The molecule has 0 saturated heterocycles. The molecule has 2 aliphatic rings. The highest BCUT2D eigenvalue weighted by molar-refractivity contribution is 8.07. The Labute approximate surface area is 199 Å². The third-order valence-electron chi connectivity index (χ3n) is 3.31. The molecule has 2 amide bonds. The number of fused-ring (bicyclic) bond motifs is 2. The van der Waals surface area contributed by atoms with Gasteiger partial charge in [0.1, 0.15) is 9.79 Å². The number of para-hydroxylation sites is 1. The van der Waals surface area contributed by atoms with Crippen molar-refractivity contribution in [3.63, 3.8) is 0 Å². The quantitative estimate of drug-likeness (QED) is 0.464. The van der Waals surface area contributed by atoms with Crippen molar-refractivity contribution in [1.29, 1.82) is 0 Å². The molecule has 0 bridgehead atoms. The molecule has 2 heterocycles. The molecule has 33 heavy (non-hydrogen) atoms. The van der Waals surface area contributed by atoms with E-state index in [2.05, 4.69) is 5.32 Å². The Bertz CT molecular complexity index is 1080. The van der Waals surface area contributed by atoms with Crippen molar-refractivity contribution in [1.82, 2.24) is 4.72 Å². The molecule has 0 saturated carbocycles. The van der Waals surface area contributed by atoms with Crippen molar-refractivity contribution in [2.75, 3.05) is 5.32 Å². The van der Waals surface area contributed by atoms with E-state index in [-0.39, 0.29) is 22.8 Å². The molecular formula is C23H38N2O6S2. The molecule has 0 spiro atoms. The van der Waals surface area contributed by atoms with Crippen LogP contribution in [0.15, 0.2) is 58.3 Å². The molecule has 4 rings (SSSR count). The lowest BCUT2D eigenvalue weighted by atomic mass is 10.2. The summed E-state index contributed by atoms with van der Waals surface area (Å²) in [5.74, 6) is -0.550. The second-order valence-corrected chi connectivity index (χ2v) is 8.31. The fourth-order valence-corrected chi connectivity index (χ4v) is 4.48. The van der Waals surface area contributed by atoms with Crippen LogP contribution in [0.1, 0.15) is 73.2 Å². The van der Waals surface area contributed by atoms with Gasteiger partial charge in [-0.2, -0.15) is 0 Å². The van der Waals surface area contributed by atoms with Gasteiger partial charge in [0.15, 0.2) is 0 Å². The van der Waals surface area contributed by atoms with Crippen molar-refractivity contribution < 1.29 is 26.4 Å². The van der Waals surface area contributed by atoms with Crippen LogP contribution >= 0.6 is 0 Å². The van der Waals surface area contributed by atoms with Gasteiger partial charge in [-0.05, 0) is 24.3 Å². The lowest BCUT2D eigenvalue weighted by Crippen LogP contribution is -2.20. The second-order valence-electron chi connectivity index (χ2n) is 4.84. The normalized spacial score (nSPS) is 14.2. The number of amides is 2. The van der Waals surface area contributed by atoms with E-state index < -0.39 is 31.0 Å². The van der Waals surface area contributed by atoms with Gasteiger partial charge in [0.05, 0.1) is 11.3 Å². The molecular weight excluding hydrogens is 464 g/mol. The van der Waals surface area contributed by atoms with Crippen molar-refractivity contribution in [2.45, 2.75) is 72.6 Å². The summed E-state index contributed by atoms with van der Waals surface area (Å²) in [6.45, 7) is 16.0. The predicted octanol–water partition coefficient (Wildman–Crippen LogP) is 5.87. The first-order valence-electron chi connectivity index (χ1n) is 10.5. The van der Waals surface area contributed by atoms with Crippen LogP contribution in [0.25, 0.3) is 0 Å². The van der Waals surface area contributed by atoms with Crippen LogP contribution in [0.3, 0.4) is 0 Å². The first-order chi connectivity index (χ1) is 15.2. The van der Waals surface area contributed by atoms with Crippen molar-refractivity contribution >= 4 is 36.7 Å². The number of sulfonamides is 1. The smallest absolute Gasteiger partial charge is 0.311 e. The standard InChI is InChI=1S/2C7H5NO3S.4C2H6.CH4/c9-7-8-5-3-1-2-4-6(5)12(7,10)11;9-7-5-3-1-2-4-6(5)12(10,11)8-7;4*1-2;/h2*1-4H,(H,8,9);4*1-2H3;1H4. The molecule has 8 nitrogen and oxygen atoms in total. The van der Waals surface area contributed by atoms with Gasteiger partial charge in [0.25, 0.3) is 25.8 Å². The molecule has 0 aliphatic carbocycles. The van der Waals surface area contributed by atoms with Gasteiger partial charge in [-0.15, -0.1) is 0 Å². The molecule has 2 aromatic carbocycles. The third kappa shape index (κ3) is 8.62. The van der Waals surface area contributed by atoms with Gasteiger partial charge in [-0.1, -0.05) is 87.1 Å². The van der Waals surface area contributed by atoms with Crippen LogP contribution < -0.4 is 10.0 Å². The number of hydrogen-bond donors (Lipinski definition) is 2. The Kier molecular flexibility index (Phi) is 17.8. The number of nitrogens with one attached hydrogen (secondary N) is 2. The summed E-state index contributed by atoms with van der Waals surface area (Å²) in [7, 11) is -7.29. The second kappa shape index (κ2) is 16.8. The van der Waals surface area contributed by atoms with Crippen LogP contribution in [0.5, 0.6) is 0 Å². The van der Waals surface area contributed by atoms with Crippen LogP contribution in [0.2, 0.25) is 0 Å². The average molecular weight is 503 g/mol. The fourth-order valence-electron chi connectivity index (χ4n) is 2.20. The highest BCUT2D eigenvalue weighted by atomic mass is 32.2. The van der Waals surface area contributed by atoms with E-state index in [0.29, 0.717) is 5.69 Å². The Balaban J connectivity index is -0.000000410. The van der Waals surface area contributed by atoms with E-state index in [1.54, 1.807) is 30.3 Å². The van der Waals surface area contributed by atoms with E-state index in [9.17, 15) is 26.4 Å². The summed E-state index contributed by atoms with van der Waals surface area (Å²) in [5, 5.41) is 1.32. The Morgan fingerprint density at radius 1 is 0.636 bits per heavy atom. The SMILES string of the molecule is C.CC.CC.CC.CC.O=C1NS(=O)(=O)c2ccccc21.O=C1Nc2ccccc2S1(=O)=O. The third-order valence-corrected chi connectivity index (χ3v) is 6.22. The molecule has 2 aromatic rings. The van der Waals surface area contributed by atoms with Crippen LogP contribution in [-0.2, 0) is 19.9 Å². The maximum Gasteiger partial charge on any atom is 0.345 e. The summed E-state index contributed by atoms with van der Waals surface area (Å²) in [5.41, 5.74) is 0.583. The predicted molar refractivity (Wildman–Crippen MR) is 136 cm³/mol. The fraction of sp³-hybridized carbons (Fsp3) is 0.391. The molecule has 0 radical (unpaired) electrons. The molecule has 0 unspecified atom stereocenters. The van der Waals surface area contributed by atoms with E-state index in [1.807, 2.05) is 60.1 Å². The van der Waals surface area contributed by atoms with Crippen LogP contribution in [0, 0.1) is 0 Å². The summed E-state index contributed by atoms with van der Waals surface area (Å²) in [6, 6.07) is 12.3. The van der Waals surface area contributed by atoms with Crippen LogP contribution in [0.4, 0.5) is 10.5 Å². The maximum atomic E-state index is 11.2. The highest BCUT2D eigenvalue weighted by Gasteiger charge is 2.34. The summed E-state index contributed by atoms with van der Waals surface area (Å²) in [4.78, 5) is 22.0. The van der Waals surface area contributed by atoms with Crippen molar-refractivity contribution in [2.24, 2.45) is 0 Å². The van der Waals surface area contributed by atoms with E-state index in [1.165, 1.54) is 18.2 Å². The minimum atomic E-state index is -3.73. The van der Waals surface area contributed by atoms with Crippen molar-refractivity contribution in [3.8, 4) is 0 Å². The molecule has 0 fully saturated rings. The van der Waals surface area contributed by atoms with Crippen LogP contribution in [-0.4, -0.2) is 28.0 Å². The number of anilines is 1. The van der Waals surface area contributed by atoms with Gasteiger partial charge in [-0.3, -0.25) is 9.59 Å². The Hall–Kier alpha value is -2.72. The lowest BCUT2D eigenvalue weighted by molar-refractivity contribution is 0.0985. The number of carbonyl (C=O) groups excluding carboxylic acids is 2. The number of sulfone groups is 1. The van der Waals surface area contributed by atoms with Gasteiger partial charge >= 0.3 is 5.24 Å². The van der Waals surface area contributed by atoms with E-state index in [0.717, 1.165) is 0 Å². The molecule has 10 heteroatoms. The monoisotopic (exact) mass is 502 g/mol. The number of carbonyl (C=O) groups is 2. The lowest BCUT2D eigenvalue weighted by Gasteiger charge is -1.91. The first-order valence-corrected chi connectivity index (χ1v) is 13.5. The van der Waals surface area contributed by atoms with Gasteiger partial charge in [-0.25, -0.2) is 21.6 Å². The Morgan fingerprint density at radius 2 is 1.06 bits per heavy atom. The van der Waals surface area contributed by atoms with E-state index >= 15 is 0 Å². The van der Waals surface area contributed by atoms with Crippen molar-refractivity contribution in [3.05, 3.63) is 54.1 Å². The summed E-state index contributed by atoms with van der Waals surface area (Å²) < 4.78 is 46.5. The number of hydrogen-bond acceptors (Lipinski definition) is 6. The molecule has 2 N–H and O–H groups in total. The summed E-state index contributed by atoms with van der Waals surface area (Å²) in [6.07, 6.45) is 0. The zero-order valence-corrected chi connectivity index (χ0v) is 21.5. The molecule has 2 aliphatic heterocycles. The van der Waals surface area contributed by atoms with Gasteiger partial charge in [0.2, 0.25) is 0 Å². The zero-order chi connectivity index (χ0) is 25.5. The summed E-state index contributed by atoms with van der Waals surface area (Å²) >= 11 is 0. The average Bonchev–Trinajstić information content (AvgIpc) is 3.22. The molecule has 188 valence electrons. The van der Waals surface area contributed by atoms with E-state index in [4.69, 9.17) is 0 Å². The first kappa shape index (κ1) is 34.9. The number of rotatable bonds is 0. The Morgan fingerprint density at radius 3 is 1.52 bits per heavy atom. The minimum Gasteiger partial charge on any atom is -0.311 e. The minimum absolute atomic E-state index is 0. The topological polar surface area (TPSA) is 126 Å².